The molecule has 10 heteroatoms. The van der Waals surface area contributed by atoms with E-state index in [0.717, 1.165) is 0 Å². The van der Waals surface area contributed by atoms with Crippen molar-refractivity contribution in [1.82, 2.24) is 4.31 Å². The number of hydrogen-bond acceptors (Lipinski definition) is 7. The van der Waals surface area contributed by atoms with E-state index in [1.54, 1.807) is 24.3 Å². The van der Waals surface area contributed by atoms with Gasteiger partial charge in [-0.05, 0) is 49.4 Å². The first kappa shape index (κ1) is 22.9. The van der Waals surface area contributed by atoms with Crippen LogP contribution in [0.15, 0.2) is 47.4 Å². The van der Waals surface area contributed by atoms with Gasteiger partial charge in [-0.3, -0.25) is 4.79 Å². The van der Waals surface area contributed by atoms with Crippen molar-refractivity contribution >= 4 is 21.6 Å². The zero-order valence-corrected chi connectivity index (χ0v) is 18.3. The third kappa shape index (κ3) is 5.87. The summed E-state index contributed by atoms with van der Waals surface area (Å²) in [5.74, 6) is 1.11. The van der Waals surface area contributed by atoms with E-state index in [0.29, 0.717) is 37.1 Å². The van der Waals surface area contributed by atoms with Crippen LogP contribution >= 0.6 is 0 Å². The van der Waals surface area contributed by atoms with Gasteiger partial charge in [-0.2, -0.15) is 4.31 Å². The van der Waals surface area contributed by atoms with Gasteiger partial charge < -0.3 is 24.3 Å². The van der Waals surface area contributed by atoms with Crippen molar-refractivity contribution in [1.29, 1.82) is 0 Å². The molecule has 0 aliphatic carbocycles. The SMILES string of the molecule is CCOc1ccc(OCC(=O)Nc2cc(S(=O)(=O)N3CCOCC3)ccc2OC)cc1. The van der Waals surface area contributed by atoms with E-state index in [-0.39, 0.29) is 30.3 Å². The van der Waals surface area contributed by atoms with Gasteiger partial charge in [0.15, 0.2) is 6.61 Å². The molecule has 3 rings (SSSR count). The molecule has 1 amide bonds. The molecule has 168 valence electrons. The van der Waals surface area contributed by atoms with Gasteiger partial charge in [0.1, 0.15) is 17.2 Å². The lowest BCUT2D eigenvalue weighted by atomic mass is 10.3. The van der Waals surface area contributed by atoms with Crippen LogP contribution in [0.4, 0.5) is 5.69 Å². The molecule has 2 aromatic rings. The van der Waals surface area contributed by atoms with E-state index in [1.807, 2.05) is 6.92 Å². The lowest BCUT2D eigenvalue weighted by Crippen LogP contribution is -2.40. The Bertz CT molecular complexity index is 987. The zero-order chi connectivity index (χ0) is 22.3. The highest BCUT2D eigenvalue weighted by atomic mass is 32.2. The summed E-state index contributed by atoms with van der Waals surface area (Å²) in [6, 6.07) is 11.3. The first-order valence-corrected chi connectivity index (χ1v) is 11.3. The molecule has 1 saturated heterocycles. The van der Waals surface area contributed by atoms with Crippen LogP contribution in [0.25, 0.3) is 0 Å². The van der Waals surface area contributed by atoms with Crippen molar-refractivity contribution in [2.75, 3.05) is 51.9 Å². The molecule has 0 radical (unpaired) electrons. The molecule has 0 saturated carbocycles. The molecular weight excluding hydrogens is 424 g/mol. The van der Waals surface area contributed by atoms with Gasteiger partial charge in [0.2, 0.25) is 10.0 Å². The van der Waals surface area contributed by atoms with E-state index >= 15 is 0 Å². The lowest BCUT2D eigenvalue weighted by molar-refractivity contribution is -0.118. The standard InChI is InChI=1S/C21H26N2O7S/c1-3-29-16-4-6-17(7-5-16)30-15-21(24)22-19-14-18(8-9-20(19)27-2)31(25,26)23-10-12-28-13-11-23/h4-9,14H,3,10-13,15H2,1-2H3,(H,22,24). The van der Waals surface area contributed by atoms with Crippen molar-refractivity contribution in [2.24, 2.45) is 0 Å². The van der Waals surface area contributed by atoms with Crippen molar-refractivity contribution < 1.29 is 32.2 Å². The number of amides is 1. The van der Waals surface area contributed by atoms with E-state index in [2.05, 4.69) is 5.32 Å². The summed E-state index contributed by atoms with van der Waals surface area (Å²) in [4.78, 5) is 12.5. The smallest absolute Gasteiger partial charge is 0.262 e. The van der Waals surface area contributed by atoms with Gasteiger partial charge in [-0.1, -0.05) is 0 Å². The summed E-state index contributed by atoms with van der Waals surface area (Å²) >= 11 is 0. The Morgan fingerprint density at radius 2 is 1.71 bits per heavy atom. The fourth-order valence-electron chi connectivity index (χ4n) is 3.02. The molecule has 0 aromatic heterocycles. The predicted molar refractivity (Wildman–Crippen MR) is 114 cm³/mol. The first-order chi connectivity index (χ1) is 14.9. The average Bonchev–Trinajstić information content (AvgIpc) is 2.79. The number of carbonyl (C=O) groups is 1. The fourth-order valence-corrected chi connectivity index (χ4v) is 4.45. The predicted octanol–water partition coefficient (Wildman–Crippen LogP) is 2.13. The average molecular weight is 451 g/mol. The fraction of sp³-hybridized carbons (Fsp3) is 0.381. The van der Waals surface area contributed by atoms with Crippen LogP contribution in [0.5, 0.6) is 17.2 Å². The minimum absolute atomic E-state index is 0.0675. The highest BCUT2D eigenvalue weighted by Crippen LogP contribution is 2.29. The monoisotopic (exact) mass is 450 g/mol. The summed E-state index contributed by atoms with van der Waals surface area (Å²) in [5.41, 5.74) is 0.247. The normalized spacial score (nSPS) is 14.6. The Hall–Kier alpha value is -2.82. The number of nitrogens with one attached hydrogen (secondary N) is 1. The molecule has 1 N–H and O–H groups in total. The number of carbonyl (C=O) groups excluding carboxylic acids is 1. The molecule has 0 unspecified atom stereocenters. The Morgan fingerprint density at radius 3 is 2.32 bits per heavy atom. The molecule has 9 nitrogen and oxygen atoms in total. The maximum atomic E-state index is 12.9. The number of rotatable bonds is 9. The van der Waals surface area contributed by atoms with Crippen LogP contribution in [-0.2, 0) is 19.6 Å². The third-order valence-corrected chi connectivity index (χ3v) is 6.45. The second kappa shape index (κ2) is 10.5. The van der Waals surface area contributed by atoms with Crippen LogP contribution in [0, 0.1) is 0 Å². The minimum Gasteiger partial charge on any atom is -0.495 e. The Morgan fingerprint density at radius 1 is 1.06 bits per heavy atom. The molecule has 0 spiro atoms. The highest BCUT2D eigenvalue weighted by molar-refractivity contribution is 7.89. The number of sulfonamides is 1. The van der Waals surface area contributed by atoms with Gasteiger partial charge >= 0.3 is 0 Å². The zero-order valence-electron chi connectivity index (χ0n) is 17.5. The second-order valence-corrected chi connectivity index (χ2v) is 8.56. The number of methoxy groups -OCH3 is 1. The first-order valence-electron chi connectivity index (χ1n) is 9.85. The molecule has 0 atom stereocenters. The molecule has 1 heterocycles. The Labute approximate surface area is 181 Å². The number of anilines is 1. The number of morpholine rings is 1. The Balaban J connectivity index is 1.68. The summed E-state index contributed by atoms with van der Waals surface area (Å²) in [5, 5.41) is 2.66. The summed E-state index contributed by atoms with van der Waals surface area (Å²) in [6.07, 6.45) is 0. The van der Waals surface area contributed by atoms with Crippen molar-refractivity contribution in [3.63, 3.8) is 0 Å². The van der Waals surface area contributed by atoms with Gasteiger partial charge in [0, 0.05) is 13.1 Å². The van der Waals surface area contributed by atoms with Gasteiger partial charge in [0.05, 0.1) is 37.5 Å². The second-order valence-electron chi connectivity index (χ2n) is 6.62. The molecule has 1 aliphatic rings. The van der Waals surface area contributed by atoms with Crippen LogP contribution in [0.1, 0.15) is 6.92 Å². The molecule has 31 heavy (non-hydrogen) atoms. The summed E-state index contributed by atoms with van der Waals surface area (Å²) in [7, 11) is -2.26. The molecule has 1 aliphatic heterocycles. The third-order valence-electron chi connectivity index (χ3n) is 4.56. The van der Waals surface area contributed by atoms with E-state index < -0.39 is 15.9 Å². The summed E-state index contributed by atoms with van der Waals surface area (Å²) in [6.45, 7) is 3.47. The highest BCUT2D eigenvalue weighted by Gasteiger charge is 2.27. The maximum Gasteiger partial charge on any atom is 0.262 e. The molecular formula is C21H26N2O7S. The van der Waals surface area contributed by atoms with Crippen LogP contribution in [0.2, 0.25) is 0 Å². The molecule has 0 bridgehead atoms. The lowest BCUT2D eigenvalue weighted by Gasteiger charge is -2.26. The number of hydrogen-bond donors (Lipinski definition) is 1. The van der Waals surface area contributed by atoms with Crippen molar-refractivity contribution in [2.45, 2.75) is 11.8 Å². The topological polar surface area (TPSA) is 103 Å². The molecule has 1 fully saturated rings. The van der Waals surface area contributed by atoms with Crippen LogP contribution in [0.3, 0.4) is 0 Å². The van der Waals surface area contributed by atoms with Gasteiger partial charge in [-0.25, -0.2) is 8.42 Å². The number of benzene rings is 2. The van der Waals surface area contributed by atoms with E-state index in [9.17, 15) is 13.2 Å². The van der Waals surface area contributed by atoms with Crippen molar-refractivity contribution in [3.05, 3.63) is 42.5 Å². The Kier molecular flexibility index (Phi) is 7.72. The molecule has 2 aromatic carbocycles. The van der Waals surface area contributed by atoms with Crippen LogP contribution < -0.4 is 19.5 Å². The maximum absolute atomic E-state index is 12.9. The quantitative estimate of drug-likeness (QED) is 0.624. The summed E-state index contributed by atoms with van der Waals surface area (Å²) < 4.78 is 48.5. The van der Waals surface area contributed by atoms with Crippen molar-refractivity contribution in [3.8, 4) is 17.2 Å². The van der Waals surface area contributed by atoms with Crippen LogP contribution in [-0.4, -0.2) is 65.3 Å². The largest absolute Gasteiger partial charge is 0.495 e. The van der Waals surface area contributed by atoms with Gasteiger partial charge in [0.25, 0.3) is 5.91 Å². The van der Waals surface area contributed by atoms with E-state index in [1.165, 1.54) is 29.6 Å². The number of nitrogens with zero attached hydrogens (tertiary/aromatic N) is 1. The number of ether oxygens (including phenoxy) is 4. The van der Waals surface area contributed by atoms with Gasteiger partial charge in [-0.15, -0.1) is 0 Å². The minimum atomic E-state index is -3.71. The van der Waals surface area contributed by atoms with E-state index in [4.69, 9.17) is 18.9 Å².